The number of rotatable bonds is 7. The van der Waals surface area contributed by atoms with Crippen LogP contribution < -0.4 is 14.8 Å². The van der Waals surface area contributed by atoms with Crippen LogP contribution in [0.15, 0.2) is 29.2 Å². The zero-order valence-electron chi connectivity index (χ0n) is 12.5. The van der Waals surface area contributed by atoms with Crippen molar-refractivity contribution in [2.24, 2.45) is 0 Å². The van der Waals surface area contributed by atoms with Crippen LogP contribution in [0.5, 0.6) is 0 Å². The van der Waals surface area contributed by atoms with E-state index in [0.29, 0.717) is 0 Å². The Hall–Kier alpha value is -1.49. The van der Waals surface area contributed by atoms with Crippen molar-refractivity contribution in [1.29, 1.82) is 0 Å². The minimum Gasteiger partial charge on any atom is -0.325 e. The summed E-state index contributed by atoms with van der Waals surface area (Å²) in [4.78, 5) is 11.9. The van der Waals surface area contributed by atoms with Gasteiger partial charge in [0.05, 0.1) is 16.7 Å². The van der Waals surface area contributed by atoms with Crippen molar-refractivity contribution in [2.75, 3.05) is 18.1 Å². The number of amides is 1. The largest absolute Gasteiger partial charge is 0.325 e. The van der Waals surface area contributed by atoms with E-state index in [2.05, 4.69) is 14.8 Å². The van der Waals surface area contributed by atoms with Gasteiger partial charge in [0.25, 0.3) is 0 Å². The fraction of sp³-hybridized carbons (Fsp3) is 0.417. The first kappa shape index (κ1) is 18.6. The number of benzene rings is 1. The summed E-state index contributed by atoms with van der Waals surface area (Å²) >= 11 is 0. The molecule has 0 radical (unpaired) electrons. The molecule has 8 nitrogen and oxygen atoms in total. The molecule has 0 unspecified atom stereocenters. The van der Waals surface area contributed by atoms with Gasteiger partial charge in [-0.3, -0.25) is 4.79 Å². The molecule has 10 heteroatoms. The zero-order chi connectivity index (χ0) is 17.0. The number of nitrogens with one attached hydrogen (secondary N) is 3. The highest BCUT2D eigenvalue weighted by molar-refractivity contribution is 7.89. The average Bonchev–Trinajstić information content (AvgIpc) is 2.47. The Morgan fingerprint density at radius 3 is 2.41 bits per heavy atom. The van der Waals surface area contributed by atoms with Gasteiger partial charge in [0.2, 0.25) is 26.0 Å². The minimum atomic E-state index is -3.62. The lowest BCUT2D eigenvalue weighted by molar-refractivity contribution is -0.117. The van der Waals surface area contributed by atoms with Gasteiger partial charge in [-0.05, 0) is 39.1 Å². The van der Waals surface area contributed by atoms with Gasteiger partial charge < -0.3 is 5.32 Å². The van der Waals surface area contributed by atoms with Crippen LogP contribution in [0.4, 0.5) is 5.69 Å². The van der Waals surface area contributed by atoms with Crippen LogP contribution in [-0.4, -0.2) is 41.6 Å². The van der Waals surface area contributed by atoms with E-state index in [1.54, 1.807) is 0 Å². The molecule has 1 aromatic rings. The van der Waals surface area contributed by atoms with Crippen LogP contribution in [0, 0.1) is 0 Å². The third-order valence-corrected chi connectivity index (χ3v) is 5.70. The van der Waals surface area contributed by atoms with E-state index in [9.17, 15) is 21.6 Å². The highest BCUT2D eigenvalue weighted by atomic mass is 32.2. The van der Waals surface area contributed by atoms with E-state index in [1.807, 2.05) is 0 Å². The van der Waals surface area contributed by atoms with Gasteiger partial charge in [-0.2, -0.15) is 0 Å². The Bertz CT molecular complexity index is 744. The molecule has 0 heterocycles. The van der Waals surface area contributed by atoms with E-state index >= 15 is 0 Å². The maximum atomic E-state index is 11.9. The predicted molar refractivity (Wildman–Crippen MR) is 83.4 cm³/mol. The van der Waals surface area contributed by atoms with Crippen molar-refractivity contribution in [2.45, 2.75) is 24.8 Å². The summed E-state index contributed by atoms with van der Waals surface area (Å²) in [6.07, 6.45) is 0. The van der Waals surface area contributed by atoms with Gasteiger partial charge in [0.15, 0.2) is 0 Å². The zero-order valence-corrected chi connectivity index (χ0v) is 14.1. The lowest BCUT2D eigenvalue weighted by atomic mass is 10.3. The highest BCUT2D eigenvalue weighted by Crippen LogP contribution is 2.15. The van der Waals surface area contributed by atoms with Gasteiger partial charge in [-0.15, -0.1) is 0 Å². The summed E-state index contributed by atoms with van der Waals surface area (Å²) in [5.41, 5.74) is 0.254. The molecule has 0 fully saturated rings. The molecule has 22 heavy (non-hydrogen) atoms. The molecule has 0 saturated heterocycles. The Kier molecular flexibility index (Phi) is 6.06. The van der Waals surface area contributed by atoms with Gasteiger partial charge in [0, 0.05) is 5.69 Å². The molecule has 0 aliphatic carbocycles. The molecule has 0 aromatic heterocycles. The summed E-state index contributed by atoms with van der Waals surface area (Å²) < 4.78 is 50.6. The molecular weight excluding hydrogens is 330 g/mol. The second-order valence-electron chi connectivity index (χ2n) is 4.47. The Morgan fingerprint density at radius 1 is 1.23 bits per heavy atom. The molecule has 1 aromatic carbocycles. The van der Waals surface area contributed by atoms with Crippen molar-refractivity contribution in [3.63, 3.8) is 0 Å². The number of anilines is 1. The van der Waals surface area contributed by atoms with Crippen LogP contribution in [0.2, 0.25) is 0 Å². The van der Waals surface area contributed by atoms with Gasteiger partial charge in [0.1, 0.15) is 0 Å². The molecular formula is C12H19N3O5S2. The molecule has 0 saturated carbocycles. The van der Waals surface area contributed by atoms with Crippen molar-refractivity contribution < 1.29 is 21.6 Å². The maximum Gasteiger partial charge on any atom is 0.242 e. The highest BCUT2D eigenvalue weighted by Gasteiger charge is 2.19. The number of sulfonamides is 2. The van der Waals surface area contributed by atoms with Crippen LogP contribution in [0.1, 0.15) is 13.8 Å². The first-order valence-electron chi connectivity index (χ1n) is 6.46. The predicted octanol–water partition coefficient (Wildman–Crippen LogP) is -0.139. The van der Waals surface area contributed by atoms with Gasteiger partial charge in [-0.1, -0.05) is 6.07 Å². The second-order valence-corrected chi connectivity index (χ2v) is 8.40. The third-order valence-electron chi connectivity index (χ3n) is 2.81. The molecule has 0 spiro atoms. The Balaban J connectivity index is 2.88. The summed E-state index contributed by atoms with van der Waals surface area (Å²) in [5.74, 6) is -0.725. The van der Waals surface area contributed by atoms with E-state index in [4.69, 9.17) is 0 Å². The smallest absolute Gasteiger partial charge is 0.242 e. The molecule has 1 amide bonds. The second kappa shape index (κ2) is 7.18. The number of hydrogen-bond donors (Lipinski definition) is 3. The van der Waals surface area contributed by atoms with E-state index in [-0.39, 0.29) is 16.3 Å². The fourth-order valence-electron chi connectivity index (χ4n) is 1.52. The summed E-state index contributed by atoms with van der Waals surface area (Å²) in [6.45, 7) is 2.86. The van der Waals surface area contributed by atoms with Crippen LogP contribution in [0.3, 0.4) is 0 Å². The van der Waals surface area contributed by atoms with Crippen molar-refractivity contribution in [3.05, 3.63) is 24.3 Å². The first-order chi connectivity index (χ1) is 10.1. The lowest BCUT2D eigenvalue weighted by Crippen LogP contribution is -2.42. The maximum absolute atomic E-state index is 11.9. The van der Waals surface area contributed by atoms with E-state index < -0.39 is 32.0 Å². The summed E-state index contributed by atoms with van der Waals surface area (Å²) in [6, 6.07) is 4.67. The quantitative estimate of drug-likeness (QED) is 0.632. The SMILES string of the molecule is CCS(=O)(=O)N[C@@H](C)C(=O)Nc1cccc(S(=O)(=O)NC)c1. The van der Waals surface area contributed by atoms with Crippen LogP contribution >= 0.6 is 0 Å². The standard InChI is InChI=1S/C12H19N3O5S2/c1-4-21(17,18)15-9(2)12(16)14-10-6-5-7-11(8-10)22(19,20)13-3/h5-9,13,15H,4H2,1-3H3,(H,14,16)/t9-/m0/s1. The van der Waals surface area contributed by atoms with Crippen LogP contribution in [0.25, 0.3) is 0 Å². The fourth-order valence-corrected chi connectivity index (χ4v) is 3.10. The summed E-state index contributed by atoms with van der Waals surface area (Å²) in [7, 11) is -5.85. The molecule has 1 atom stereocenters. The Morgan fingerprint density at radius 2 is 1.86 bits per heavy atom. The third kappa shape index (κ3) is 5.05. The first-order valence-corrected chi connectivity index (χ1v) is 9.59. The number of hydrogen-bond acceptors (Lipinski definition) is 5. The molecule has 1 rings (SSSR count). The van der Waals surface area contributed by atoms with Crippen LogP contribution in [-0.2, 0) is 24.8 Å². The van der Waals surface area contributed by atoms with Gasteiger partial charge in [-0.25, -0.2) is 26.3 Å². The normalized spacial score (nSPS) is 13.6. The molecule has 124 valence electrons. The minimum absolute atomic E-state index is 0.00501. The van der Waals surface area contributed by atoms with E-state index in [0.717, 1.165) is 0 Å². The topological polar surface area (TPSA) is 121 Å². The Labute approximate surface area is 130 Å². The molecule has 0 aliphatic rings. The molecule has 0 aliphatic heterocycles. The monoisotopic (exact) mass is 349 g/mol. The number of carbonyl (C=O) groups is 1. The van der Waals surface area contributed by atoms with Crippen molar-refractivity contribution in [1.82, 2.24) is 9.44 Å². The van der Waals surface area contributed by atoms with Gasteiger partial charge >= 0.3 is 0 Å². The van der Waals surface area contributed by atoms with E-state index in [1.165, 1.54) is 45.2 Å². The van der Waals surface area contributed by atoms with Crippen molar-refractivity contribution in [3.8, 4) is 0 Å². The average molecular weight is 349 g/mol. The summed E-state index contributed by atoms with van der Waals surface area (Å²) in [5, 5.41) is 2.47. The molecule has 0 bridgehead atoms. The van der Waals surface area contributed by atoms with Crippen molar-refractivity contribution >= 4 is 31.6 Å². The lowest BCUT2D eigenvalue weighted by Gasteiger charge is -2.14. The molecule has 3 N–H and O–H groups in total. The number of carbonyl (C=O) groups excluding carboxylic acids is 1.